The summed E-state index contributed by atoms with van der Waals surface area (Å²) in [4.78, 5) is 20.1. The van der Waals surface area contributed by atoms with Crippen molar-refractivity contribution in [3.05, 3.63) is 107 Å². The number of amides is 1. The van der Waals surface area contributed by atoms with E-state index in [0.717, 1.165) is 43.7 Å². The monoisotopic (exact) mass is 439 g/mol. The van der Waals surface area contributed by atoms with Crippen molar-refractivity contribution in [1.82, 2.24) is 15.2 Å². The Balaban J connectivity index is 1.44. The number of piperidine rings is 1. The van der Waals surface area contributed by atoms with E-state index in [9.17, 15) is 4.79 Å². The quantitative estimate of drug-likeness (QED) is 0.518. The minimum absolute atomic E-state index is 0.0501. The summed E-state index contributed by atoms with van der Waals surface area (Å²) in [5.74, 6) is 0.382. The van der Waals surface area contributed by atoms with Crippen LogP contribution in [-0.2, 0) is 11.2 Å². The van der Waals surface area contributed by atoms with E-state index in [-0.39, 0.29) is 11.9 Å². The highest BCUT2D eigenvalue weighted by Crippen LogP contribution is 2.29. The second-order valence-corrected chi connectivity index (χ2v) is 9.00. The Morgan fingerprint density at radius 1 is 1.06 bits per heavy atom. The van der Waals surface area contributed by atoms with Crippen molar-refractivity contribution in [3.63, 3.8) is 0 Å². The highest BCUT2D eigenvalue weighted by atomic mass is 16.1. The van der Waals surface area contributed by atoms with E-state index in [0.29, 0.717) is 12.3 Å². The molecule has 33 heavy (non-hydrogen) atoms. The zero-order valence-corrected chi connectivity index (χ0v) is 19.4. The first kappa shape index (κ1) is 22.9. The summed E-state index contributed by atoms with van der Waals surface area (Å²) < 4.78 is 0. The summed E-state index contributed by atoms with van der Waals surface area (Å²) in [6, 6.07) is 26.3. The first-order valence-electron chi connectivity index (χ1n) is 11.9. The molecule has 4 heteroatoms. The molecular weight excluding hydrogens is 406 g/mol. The Hall–Kier alpha value is -3.24. The van der Waals surface area contributed by atoms with Gasteiger partial charge in [0.1, 0.15) is 0 Å². The lowest BCUT2D eigenvalue weighted by molar-refractivity contribution is -0.121. The molecule has 1 aliphatic heterocycles. The van der Waals surface area contributed by atoms with Crippen molar-refractivity contribution in [2.45, 2.75) is 32.2 Å². The molecular formula is C29H33N3O. The second kappa shape index (κ2) is 11.6. The molecule has 1 aromatic heterocycles. The van der Waals surface area contributed by atoms with Crippen molar-refractivity contribution in [2.75, 3.05) is 19.6 Å². The van der Waals surface area contributed by atoms with Gasteiger partial charge in [-0.1, -0.05) is 78.4 Å². The molecule has 1 aliphatic rings. The van der Waals surface area contributed by atoms with Crippen LogP contribution < -0.4 is 5.32 Å². The fraction of sp³-hybridized carbons (Fsp3) is 0.310. The van der Waals surface area contributed by atoms with E-state index in [1.807, 2.05) is 60.8 Å². The van der Waals surface area contributed by atoms with Crippen LogP contribution in [0, 0.1) is 5.92 Å². The molecule has 2 atom stereocenters. The van der Waals surface area contributed by atoms with Crippen LogP contribution in [0.1, 0.15) is 42.6 Å². The molecule has 170 valence electrons. The fourth-order valence-electron chi connectivity index (χ4n) is 4.74. The molecule has 2 aromatic carbocycles. The van der Waals surface area contributed by atoms with Gasteiger partial charge < -0.3 is 5.32 Å². The van der Waals surface area contributed by atoms with Crippen molar-refractivity contribution in [2.24, 2.45) is 5.92 Å². The van der Waals surface area contributed by atoms with Crippen molar-refractivity contribution < 1.29 is 4.79 Å². The molecule has 0 bridgehead atoms. The summed E-state index contributed by atoms with van der Waals surface area (Å²) in [5.41, 5.74) is 4.57. The largest absolute Gasteiger partial charge is 0.347 e. The second-order valence-electron chi connectivity index (χ2n) is 9.00. The molecule has 1 saturated heterocycles. The lowest BCUT2D eigenvalue weighted by Gasteiger charge is -2.37. The lowest BCUT2D eigenvalue weighted by Crippen LogP contribution is -2.44. The maximum Gasteiger partial charge on any atom is 0.224 e. The predicted octanol–water partition coefficient (Wildman–Crippen LogP) is 5.30. The van der Waals surface area contributed by atoms with E-state index in [4.69, 9.17) is 0 Å². The molecule has 0 spiro atoms. The van der Waals surface area contributed by atoms with Gasteiger partial charge in [0.05, 0.1) is 18.2 Å². The van der Waals surface area contributed by atoms with Crippen LogP contribution in [-0.4, -0.2) is 35.4 Å². The Bertz CT molecular complexity index is 1030. The number of hydrogen-bond acceptors (Lipinski definition) is 3. The number of benzene rings is 2. The topological polar surface area (TPSA) is 45.2 Å². The normalized spacial score (nSPS) is 18.0. The van der Waals surface area contributed by atoms with E-state index in [1.54, 1.807) is 0 Å². The minimum atomic E-state index is -0.0800. The number of pyridine rings is 1. The highest BCUT2D eigenvalue weighted by molar-refractivity contribution is 5.79. The van der Waals surface area contributed by atoms with Gasteiger partial charge >= 0.3 is 0 Å². The molecule has 0 saturated carbocycles. The average molecular weight is 440 g/mol. The minimum Gasteiger partial charge on any atom is -0.347 e. The van der Waals surface area contributed by atoms with E-state index in [1.165, 1.54) is 11.1 Å². The van der Waals surface area contributed by atoms with E-state index in [2.05, 4.69) is 52.5 Å². The maximum absolute atomic E-state index is 12.9. The van der Waals surface area contributed by atoms with Gasteiger partial charge in [-0.15, -0.1) is 0 Å². The predicted molar refractivity (Wildman–Crippen MR) is 135 cm³/mol. The number of nitrogens with one attached hydrogen (secondary N) is 1. The molecule has 0 radical (unpaired) electrons. The van der Waals surface area contributed by atoms with Gasteiger partial charge in [0.15, 0.2) is 0 Å². The first-order valence-corrected chi connectivity index (χ1v) is 11.9. The molecule has 2 heterocycles. The van der Waals surface area contributed by atoms with Gasteiger partial charge in [-0.05, 0) is 55.5 Å². The average Bonchev–Trinajstić information content (AvgIpc) is 2.84. The summed E-state index contributed by atoms with van der Waals surface area (Å²) in [7, 11) is 0. The molecule has 1 fully saturated rings. The fourth-order valence-corrected chi connectivity index (χ4v) is 4.74. The van der Waals surface area contributed by atoms with E-state index < -0.39 is 0 Å². The number of rotatable bonds is 8. The van der Waals surface area contributed by atoms with Crippen molar-refractivity contribution in [1.29, 1.82) is 0 Å². The zero-order chi connectivity index (χ0) is 22.9. The van der Waals surface area contributed by atoms with Crippen LogP contribution in [0.25, 0.3) is 6.08 Å². The molecule has 1 N–H and O–H groups in total. The summed E-state index contributed by atoms with van der Waals surface area (Å²) >= 11 is 0. The first-order chi connectivity index (χ1) is 16.2. The van der Waals surface area contributed by atoms with Gasteiger partial charge in [0, 0.05) is 19.3 Å². The molecule has 0 aliphatic carbocycles. The number of carbonyl (C=O) groups excluding carboxylic acids is 1. The number of carbonyl (C=O) groups is 1. The molecule has 1 amide bonds. The third kappa shape index (κ3) is 6.87. The van der Waals surface area contributed by atoms with Gasteiger partial charge in [-0.25, -0.2) is 0 Å². The number of hydrogen-bond donors (Lipinski definition) is 1. The number of likely N-dealkylation sites (tertiary alicyclic amines) is 1. The van der Waals surface area contributed by atoms with Gasteiger partial charge in [0.25, 0.3) is 0 Å². The third-order valence-electron chi connectivity index (χ3n) is 6.23. The molecule has 4 rings (SSSR count). The highest BCUT2D eigenvalue weighted by Gasteiger charge is 2.30. The van der Waals surface area contributed by atoms with Gasteiger partial charge in [-0.2, -0.15) is 0 Å². The van der Waals surface area contributed by atoms with E-state index >= 15 is 0 Å². The van der Waals surface area contributed by atoms with Crippen LogP contribution in [0.3, 0.4) is 0 Å². The summed E-state index contributed by atoms with van der Waals surface area (Å²) in [6.45, 7) is 5.18. The Morgan fingerprint density at radius 2 is 1.79 bits per heavy atom. The smallest absolute Gasteiger partial charge is 0.224 e. The lowest BCUT2D eigenvalue weighted by atomic mass is 9.88. The Kier molecular flexibility index (Phi) is 8.04. The van der Waals surface area contributed by atoms with Gasteiger partial charge in [0.2, 0.25) is 5.91 Å². The van der Waals surface area contributed by atoms with Crippen molar-refractivity contribution in [3.8, 4) is 0 Å². The van der Waals surface area contributed by atoms with Crippen LogP contribution in [0.15, 0.2) is 90.6 Å². The number of nitrogens with zero attached hydrogens (tertiary/aromatic N) is 2. The Morgan fingerprint density at radius 3 is 2.52 bits per heavy atom. The van der Waals surface area contributed by atoms with Crippen LogP contribution >= 0.6 is 0 Å². The standard InChI is InChI=1S/C29H33N3O/c1-23(19-24-11-4-2-5-12-24)21-32-18-10-15-26(22-32)29(27-16-8-9-17-30-27)31-28(33)20-25-13-6-3-7-14-25/h2-9,11-14,16-17,19,26,29H,10,15,18,20-22H2,1H3,(H,31,33)/b23-19+. The maximum atomic E-state index is 12.9. The zero-order valence-electron chi connectivity index (χ0n) is 19.4. The van der Waals surface area contributed by atoms with Gasteiger partial charge in [-0.3, -0.25) is 14.7 Å². The molecule has 4 nitrogen and oxygen atoms in total. The summed E-state index contributed by atoms with van der Waals surface area (Å²) in [6.07, 6.45) is 6.69. The number of aromatic nitrogens is 1. The van der Waals surface area contributed by atoms with Crippen LogP contribution in [0.5, 0.6) is 0 Å². The van der Waals surface area contributed by atoms with Crippen LogP contribution in [0.4, 0.5) is 0 Å². The van der Waals surface area contributed by atoms with Crippen LogP contribution in [0.2, 0.25) is 0 Å². The third-order valence-corrected chi connectivity index (χ3v) is 6.23. The molecule has 2 unspecified atom stereocenters. The van der Waals surface area contributed by atoms with Crippen molar-refractivity contribution >= 4 is 12.0 Å². The molecule has 3 aromatic rings. The Labute approximate surface area is 197 Å². The SMILES string of the molecule is C/C(=C\c1ccccc1)CN1CCCC(C(NC(=O)Cc2ccccc2)c2ccccn2)C1. The summed E-state index contributed by atoms with van der Waals surface area (Å²) in [5, 5.41) is 3.32.